The van der Waals surface area contributed by atoms with E-state index in [1.54, 1.807) is 19.1 Å². The average Bonchev–Trinajstić information content (AvgIpc) is 3.01. The van der Waals surface area contributed by atoms with Crippen molar-refractivity contribution in [1.82, 2.24) is 10.3 Å². The molecule has 11 heteroatoms. The van der Waals surface area contributed by atoms with Gasteiger partial charge in [-0.15, -0.1) is 0 Å². The van der Waals surface area contributed by atoms with Gasteiger partial charge in [0.2, 0.25) is 5.91 Å². The predicted octanol–water partition coefficient (Wildman–Crippen LogP) is 2.23. The van der Waals surface area contributed by atoms with Crippen molar-refractivity contribution in [3.63, 3.8) is 0 Å². The first-order valence-corrected chi connectivity index (χ1v) is 8.32. The molecule has 0 aliphatic carbocycles. The molecule has 1 heterocycles. The van der Waals surface area contributed by atoms with Crippen LogP contribution in [0.3, 0.4) is 0 Å². The summed E-state index contributed by atoms with van der Waals surface area (Å²) in [5, 5.41) is 4.84. The van der Waals surface area contributed by atoms with Gasteiger partial charge in [0.25, 0.3) is 6.01 Å². The SMILES string of the molecule is CC(C(=O)NC[SH](=O)=O)c1ccc(Nc2nc(C(F)(F)F)co2)cc1. The van der Waals surface area contributed by atoms with Crippen molar-refractivity contribution >= 4 is 28.3 Å². The van der Waals surface area contributed by atoms with E-state index >= 15 is 0 Å². The Hall–Kier alpha value is -2.56. The van der Waals surface area contributed by atoms with Gasteiger partial charge in [0.1, 0.15) is 12.1 Å². The number of thiol groups is 1. The molecule has 136 valence electrons. The molecule has 1 atom stereocenters. The molecule has 0 saturated carbocycles. The molecule has 0 aliphatic rings. The van der Waals surface area contributed by atoms with Crippen molar-refractivity contribution < 1.29 is 30.8 Å². The maximum atomic E-state index is 12.4. The third-order valence-electron chi connectivity index (χ3n) is 3.23. The van der Waals surface area contributed by atoms with E-state index in [9.17, 15) is 26.4 Å². The first-order chi connectivity index (χ1) is 11.7. The minimum atomic E-state index is -4.59. The van der Waals surface area contributed by atoms with Gasteiger partial charge in [0.05, 0.1) is 5.92 Å². The van der Waals surface area contributed by atoms with E-state index in [0.29, 0.717) is 17.5 Å². The maximum absolute atomic E-state index is 12.4. The molecule has 25 heavy (non-hydrogen) atoms. The standard InChI is InChI=1S/C14H14F3N3O4S/c1-8(12(21)18-7-25(22)23)9-2-4-10(5-3-9)19-13-20-11(6-24-13)14(15,16)17/h2-6,8,25H,7H2,1H3,(H,18,21)(H,19,20). The van der Waals surface area contributed by atoms with Crippen molar-refractivity contribution in [2.45, 2.75) is 19.0 Å². The van der Waals surface area contributed by atoms with Gasteiger partial charge in [-0.05, 0) is 24.6 Å². The van der Waals surface area contributed by atoms with Crippen LogP contribution in [0.2, 0.25) is 0 Å². The lowest BCUT2D eigenvalue weighted by Crippen LogP contribution is -2.29. The molecule has 2 rings (SSSR count). The minimum absolute atomic E-state index is 0.315. The van der Waals surface area contributed by atoms with Gasteiger partial charge >= 0.3 is 6.18 Å². The largest absolute Gasteiger partial charge is 0.436 e. The smallest absolute Gasteiger partial charge is 0.431 e. The highest BCUT2D eigenvalue weighted by atomic mass is 32.2. The normalized spacial score (nSPS) is 12.8. The van der Waals surface area contributed by atoms with Gasteiger partial charge in [0, 0.05) is 5.69 Å². The second-order valence-electron chi connectivity index (χ2n) is 5.04. The number of benzene rings is 1. The van der Waals surface area contributed by atoms with E-state index in [1.165, 1.54) is 12.1 Å². The molecule has 1 unspecified atom stereocenters. The van der Waals surface area contributed by atoms with E-state index in [-0.39, 0.29) is 6.01 Å². The van der Waals surface area contributed by atoms with Crippen molar-refractivity contribution in [3.05, 3.63) is 41.8 Å². The summed E-state index contributed by atoms with van der Waals surface area (Å²) in [6, 6.07) is 5.91. The fourth-order valence-electron chi connectivity index (χ4n) is 1.89. The molecular formula is C14H14F3N3O4S. The summed E-state index contributed by atoms with van der Waals surface area (Å²) in [5.74, 6) is -1.49. The van der Waals surface area contributed by atoms with Gasteiger partial charge in [-0.1, -0.05) is 12.1 Å². The maximum Gasteiger partial charge on any atom is 0.436 e. The van der Waals surface area contributed by atoms with Gasteiger partial charge in [0.15, 0.2) is 16.4 Å². The Kier molecular flexibility index (Phi) is 5.67. The highest BCUT2D eigenvalue weighted by Crippen LogP contribution is 2.30. The number of rotatable bonds is 6. The Labute approximate surface area is 142 Å². The number of nitrogens with one attached hydrogen (secondary N) is 2. The summed E-state index contributed by atoms with van der Waals surface area (Å²) in [4.78, 5) is 15.1. The van der Waals surface area contributed by atoms with Crippen LogP contribution in [0, 0.1) is 0 Å². The summed E-state index contributed by atoms with van der Waals surface area (Å²) < 4.78 is 63.0. The van der Waals surface area contributed by atoms with Gasteiger partial charge in [-0.3, -0.25) is 4.79 Å². The van der Waals surface area contributed by atoms with E-state index in [1.807, 2.05) is 0 Å². The number of nitrogens with zero attached hydrogens (tertiary/aromatic N) is 1. The van der Waals surface area contributed by atoms with Crippen LogP contribution < -0.4 is 10.6 Å². The zero-order valence-electron chi connectivity index (χ0n) is 12.8. The molecule has 7 nitrogen and oxygen atoms in total. The molecule has 2 aromatic rings. The lowest BCUT2D eigenvalue weighted by molar-refractivity contribution is -0.141. The Bertz CT molecular complexity index is 807. The Balaban J connectivity index is 2.02. The molecule has 0 aliphatic heterocycles. The molecule has 0 saturated heterocycles. The van der Waals surface area contributed by atoms with Gasteiger partial charge in [-0.25, -0.2) is 8.42 Å². The predicted molar refractivity (Wildman–Crippen MR) is 83.0 cm³/mol. The Morgan fingerprint density at radius 2 is 1.92 bits per heavy atom. The molecule has 1 aromatic heterocycles. The van der Waals surface area contributed by atoms with Crippen molar-refractivity contribution in [2.24, 2.45) is 0 Å². The molecule has 0 fully saturated rings. The average molecular weight is 377 g/mol. The minimum Gasteiger partial charge on any atom is -0.431 e. The number of carbonyl (C=O) groups excluding carboxylic acids is 1. The zero-order chi connectivity index (χ0) is 18.6. The third kappa shape index (κ3) is 5.21. The van der Waals surface area contributed by atoms with E-state index < -0.39 is 40.3 Å². The van der Waals surface area contributed by atoms with Crippen molar-refractivity contribution in [1.29, 1.82) is 0 Å². The Morgan fingerprint density at radius 1 is 1.28 bits per heavy atom. The number of carbonyl (C=O) groups is 1. The molecule has 1 aromatic carbocycles. The fraction of sp³-hybridized carbons (Fsp3) is 0.286. The molecule has 2 N–H and O–H groups in total. The van der Waals surface area contributed by atoms with Crippen LogP contribution in [0.5, 0.6) is 0 Å². The monoisotopic (exact) mass is 377 g/mol. The molecule has 1 amide bonds. The first-order valence-electron chi connectivity index (χ1n) is 6.96. The van der Waals surface area contributed by atoms with Gasteiger partial charge < -0.3 is 15.1 Å². The lowest BCUT2D eigenvalue weighted by Gasteiger charge is -2.12. The van der Waals surface area contributed by atoms with Crippen LogP contribution in [-0.2, 0) is 21.7 Å². The van der Waals surface area contributed by atoms with Crippen LogP contribution in [0.15, 0.2) is 34.9 Å². The molecule has 0 bridgehead atoms. The summed E-state index contributed by atoms with van der Waals surface area (Å²) >= 11 is 0. The first kappa shape index (κ1) is 18.8. The van der Waals surface area contributed by atoms with Crippen LogP contribution in [0.4, 0.5) is 24.9 Å². The number of halogens is 3. The quantitative estimate of drug-likeness (QED) is 0.668. The van der Waals surface area contributed by atoms with E-state index in [2.05, 4.69) is 15.6 Å². The zero-order valence-corrected chi connectivity index (χ0v) is 13.7. The summed E-state index contributed by atoms with van der Waals surface area (Å²) in [6.45, 7) is 1.60. The summed E-state index contributed by atoms with van der Waals surface area (Å²) in [5.41, 5.74) is -0.129. The van der Waals surface area contributed by atoms with Gasteiger partial charge in [-0.2, -0.15) is 18.2 Å². The topological polar surface area (TPSA) is 101 Å². The number of alkyl halides is 3. The number of amides is 1. The third-order valence-corrected chi connectivity index (χ3v) is 3.65. The summed E-state index contributed by atoms with van der Waals surface area (Å²) in [6.07, 6.45) is -4.09. The van der Waals surface area contributed by atoms with Crippen LogP contribution in [-0.4, -0.2) is 25.2 Å². The summed E-state index contributed by atoms with van der Waals surface area (Å²) in [7, 11) is -2.71. The van der Waals surface area contributed by atoms with Crippen LogP contribution in [0.1, 0.15) is 24.1 Å². The van der Waals surface area contributed by atoms with Crippen LogP contribution >= 0.6 is 0 Å². The molecule has 0 radical (unpaired) electrons. The lowest BCUT2D eigenvalue weighted by atomic mass is 10.0. The van der Waals surface area contributed by atoms with Crippen molar-refractivity contribution in [2.75, 3.05) is 11.2 Å². The van der Waals surface area contributed by atoms with Crippen LogP contribution in [0.25, 0.3) is 0 Å². The molecule has 0 spiro atoms. The second kappa shape index (κ2) is 7.55. The molecular weight excluding hydrogens is 363 g/mol. The Morgan fingerprint density at radius 3 is 2.44 bits per heavy atom. The number of hydrogen-bond donors (Lipinski definition) is 3. The number of oxazole rings is 1. The number of hydrogen-bond acceptors (Lipinski definition) is 6. The number of aromatic nitrogens is 1. The number of anilines is 2. The fourth-order valence-corrected chi connectivity index (χ4v) is 2.17. The second-order valence-corrected chi connectivity index (χ2v) is 6.02. The highest BCUT2D eigenvalue weighted by Gasteiger charge is 2.34. The highest BCUT2D eigenvalue weighted by molar-refractivity contribution is 7.72. The van der Waals surface area contributed by atoms with E-state index in [4.69, 9.17) is 4.42 Å². The van der Waals surface area contributed by atoms with E-state index in [0.717, 1.165) is 0 Å². The van der Waals surface area contributed by atoms with Crippen molar-refractivity contribution in [3.8, 4) is 0 Å².